The second-order valence-electron chi connectivity index (χ2n) is 9.11. The fourth-order valence-corrected chi connectivity index (χ4v) is 4.33. The first-order valence-electron chi connectivity index (χ1n) is 9.23. The average molecular weight is 382 g/mol. The maximum Gasteiger partial charge on any atom is 0.148 e. The monoisotopic (exact) mass is 381 g/mol. The van der Waals surface area contributed by atoms with Crippen molar-refractivity contribution in [1.82, 2.24) is 4.98 Å². The lowest BCUT2D eigenvalue weighted by molar-refractivity contribution is -0.883. The quantitative estimate of drug-likeness (QED) is 0.589. The van der Waals surface area contributed by atoms with Crippen LogP contribution in [0.2, 0.25) is 0 Å². The predicted molar refractivity (Wildman–Crippen MR) is 115 cm³/mol. The van der Waals surface area contributed by atoms with Gasteiger partial charge in [-0.25, -0.2) is 4.98 Å². The van der Waals surface area contributed by atoms with Crippen molar-refractivity contribution in [2.75, 3.05) is 21.1 Å². The highest BCUT2D eigenvalue weighted by Crippen LogP contribution is 2.39. The third kappa shape index (κ3) is 4.76. The lowest BCUT2D eigenvalue weighted by Gasteiger charge is -2.22. The second-order valence-corrected chi connectivity index (χ2v) is 10.2. The van der Waals surface area contributed by atoms with E-state index in [0.717, 1.165) is 37.7 Å². The van der Waals surface area contributed by atoms with Gasteiger partial charge < -0.3 is 9.59 Å². The Kier molecular flexibility index (Phi) is 5.15. The van der Waals surface area contributed by atoms with Gasteiger partial charge in [0.2, 0.25) is 0 Å². The van der Waals surface area contributed by atoms with Crippen LogP contribution in [-0.2, 0) is 12.0 Å². The number of benzene rings is 2. The van der Waals surface area contributed by atoms with Gasteiger partial charge in [0.05, 0.1) is 31.7 Å². The molecular weight excluding hydrogens is 352 g/mol. The Labute approximate surface area is 166 Å². The van der Waals surface area contributed by atoms with Crippen LogP contribution in [0.15, 0.2) is 48.5 Å². The summed E-state index contributed by atoms with van der Waals surface area (Å²) >= 11 is 1.71. The van der Waals surface area contributed by atoms with Crippen LogP contribution in [0.3, 0.4) is 0 Å². The molecule has 0 amide bonds. The van der Waals surface area contributed by atoms with E-state index in [1.165, 1.54) is 5.56 Å². The van der Waals surface area contributed by atoms with E-state index in [0.29, 0.717) is 0 Å². The Bertz CT molecular complexity index is 928. The number of rotatable bonds is 4. The number of phenols is 1. The van der Waals surface area contributed by atoms with Gasteiger partial charge in [-0.15, -0.1) is 11.3 Å². The summed E-state index contributed by atoms with van der Waals surface area (Å²) in [6, 6.07) is 16.2. The molecule has 0 radical (unpaired) electrons. The van der Waals surface area contributed by atoms with Crippen LogP contribution in [0.4, 0.5) is 0 Å². The first kappa shape index (κ1) is 19.6. The summed E-state index contributed by atoms with van der Waals surface area (Å²) in [6.45, 7) is 7.55. The van der Waals surface area contributed by atoms with Gasteiger partial charge in [0.1, 0.15) is 17.3 Å². The standard InChI is InChI=1S/C23H28N2OS/c1-23(2,3)18-12-10-16(11-13-18)21-22(17-8-7-9-19(26)14-17)27-20(24-21)15-25(4,5)6/h7-14H,15H2,1-6H3/p+1. The van der Waals surface area contributed by atoms with Crippen LogP contribution < -0.4 is 0 Å². The molecule has 2 aromatic carbocycles. The number of hydrogen-bond acceptors (Lipinski definition) is 3. The zero-order valence-corrected chi connectivity index (χ0v) is 17.9. The number of aromatic hydroxyl groups is 1. The van der Waals surface area contributed by atoms with Gasteiger partial charge in [0.25, 0.3) is 0 Å². The Hall–Kier alpha value is -2.17. The fourth-order valence-electron chi connectivity index (χ4n) is 3.00. The third-order valence-electron chi connectivity index (χ3n) is 4.41. The molecule has 3 aromatic rings. The number of hydrogen-bond donors (Lipinski definition) is 1. The van der Waals surface area contributed by atoms with E-state index in [2.05, 4.69) is 66.2 Å². The van der Waals surface area contributed by atoms with Crippen LogP contribution in [0.5, 0.6) is 5.75 Å². The summed E-state index contributed by atoms with van der Waals surface area (Å²) in [5.74, 6) is 0.281. The molecule has 0 aliphatic carbocycles. The van der Waals surface area contributed by atoms with Crippen LogP contribution in [-0.4, -0.2) is 35.7 Å². The molecule has 3 rings (SSSR count). The third-order valence-corrected chi connectivity index (χ3v) is 5.50. The van der Waals surface area contributed by atoms with E-state index in [1.54, 1.807) is 17.4 Å². The molecule has 0 aliphatic rings. The van der Waals surface area contributed by atoms with Crippen LogP contribution in [0, 0.1) is 0 Å². The summed E-state index contributed by atoms with van der Waals surface area (Å²) < 4.78 is 0.829. The first-order valence-corrected chi connectivity index (χ1v) is 10.0. The van der Waals surface area contributed by atoms with E-state index in [1.807, 2.05) is 18.2 Å². The maximum absolute atomic E-state index is 9.94. The molecule has 0 saturated heterocycles. The molecule has 4 heteroatoms. The highest BCUT2D eigenvalue weighted by Gasteiger charge is 2.20. The number of aromatic nitrogens is 1. The van der Waals surface area contributed by atoms with Crippen LogP contribution >= 0.6 is 11.3 Å². The van der Waals surface area contributed by atoms with E-state index in [4.69, 9.17) is 4.98 Å². The molecule has 0 aliphatic heterocycles. The molecule has 142 valence electrons. The molecule has 0 spiro atoms. The zero-order chi connectivity index (χ0) is 19.8. The van der Waals surface area contributed by atoms with Crippen molar-refractivity contribution in [2.45, 2.75) is 32.7 Å². The number of quaternary nitrogens is 1. The number of phenolic OH excluding ortho intramolecular Hbond substituents is 1. The largest absolute Gasteiger partial charge is 0.508 e. The van der Waals surface area contributed by atoms with Crippen molar-refractivity contribution in [1.29, 1.82) is 0 Å². The minimum atomic E-state index is 0.129. The van der Waals surface area contributed by atoms with E-state index >= 15 is 0 Å². The maximum atomic E-state index is 9.94. The van der Waals surface area contributed by atoms with Crippen molar-refractivity contribution in [2.24, 2.45) is 0 Å². The molecule has 0 saturated carbocycles. The molecule has 1 heterocycles. The van der Waals surface area contributed by atoms with Gasteiger partial charge in [-0.2, -0.15) is 0 Å². The number of nitrogens with zero attached hydrogens (tertiary/aromatic N) is 2. The summed E-state index contributed by atoms with van der Waals surface area (Å²) in [4.78, 5) is 6.09. The Morgan fingerprint density at radius 1 is 0.963 bits per heavy atom. The van der Waals surface area contributed by atoms with Crippen LogP contribution in [0.25, 0.3) is 21.7 Å². The minimum Gasteiger partial charge on any atom is -0.508 e. The summed E-state index contributed by atoms with van der Waals surface area (Å²) in [5, 5.41) is 11.0. The minimum absolute atomic E-state index is 0.129. The molecule has 0 atom stereocenters. The van der Waals surface area contributed by atoms with Crippen molar-refractivity contribution in [3.63, 3.8) is 0 Å². The van der Waals surface area contributed by atoms with Gasteiger partial charge >= 0.3 is 0 Å². The zero-order valence-electron chi connectivity index (χ0n) is 17.1. The molecule has 1 N–H and O–H groups in total. The molecule has 27 heavy (non-hydrogen) atoms. The van der Waals surface area contributed by atoms with Crippen molar-refractivity contribution >= 4 is 11.3 Å². The Morgan fingerprint density at radius 3 is 2.19 bits per heavy atom. The SMILES string of the molecule is CC(C)(C)c1ccc(-c2nc(C[N+](C)(C)C)sc2-c2cccc(O)c2)cc1. The fraction of sp³-hybridized carbons (Fsp3) is 0.348. The van der Waals surface area contributed by atoms with Gasteiger partial charge in [0, 0.05) is 5.56 Å². The molecule has 0 fully saturated rings. The summed E-state index contributed by atoms with van der Waals surface area (Å²) in [7, 11) is 6.52. The smallest absolute Gasteiger partial charge is 0.148 e. The lowest BCUT2D eigenvalue weighted by atomic mass is 9.86. The highest BCUT2D eigenvalue weighted by molar-refractivity contribution is 7.15. The predicted octanol–water partition coefficient (Wildman–Crippen LogP) is 5.69. The molecule has 3 nitrogen and oxygen atoms in total. The van der Waals surface area contributed by atoms with Gasteiger partial charge in [-0.05, 0) is 28.7 Å². The average Bonchev–Trinajstić information content (AvgIpc) is 2.96. The first-order chi connectivity index (χ1) is 12.5. The van der Waals surface area contributed by atoms with Gasteiger partial charge in [0.15, 0.2) is 0 Å². The van der Waals surface area contributed by atoms with Gasteiger partial charge in [-0.1, -0.05) is 57.2 Å². The molecular formula is C23H29N2OS+. The molecule has 0 unspecified atom stereocenters. The topological polar surface area (TPSA) is 33.1 Å². The van der Waals surface area contributed by atoms with E-state index in [9.17, 15) is 5.11 Å². The van der Waals surface area contributed by atoms with Gasteiger partial charge in [-0.3, -0.25) is 0 Å². The Morgan fingerprint density at radius 2 is 1.63 bits per heavy atom. The summed E-state index contributed by atoms with van der Waals surface area (Å²) in [6.07, 6.45) is 0. The lowest BCUT2D eigenvalue weighted by Crippen LogP contribution is -2.33. The second kappa shape index (κ2) is 7.10. The normalized spacial score (nSPS) is 12.4. The van der Waals surface area contributed by atoms with Crippen molar-refractivity contribution in [3.8, 4) is 27.4 Å². The molecule has 1 aromatic heterocycles. The van der Waals surface area contributed by atoms with Crippen molar-refractivity contribution in [3.05, 3.63) is 59.1 Å². The summed E-state index contributed by atoms with van der Waals surface area (Å²) in [5.41, 5.74) is 4.56. The van der Waals surface area contributed by atoms with Crippen LogP contribution in [0.1, 0.15) is 31.3 Å². The number of thiazole rings is 1. The van der Waals surface area contributed by atoms with E-state index < -0.39 is 0 Å². The highest BCUT2D eigenvalue weighted by atomic mass is 32.1. The molecule has 0 bridgehead atoms. The van der Waals surface area contributed by atoms with Crippen molar-refractivity contribution < 1.29 is 9.59 Å². The Balaban J connectivity index is 2.10. The van der Waals surface area contributed by atoms with E-state index in [-0.39, 0.29) is 11.2 Å².